The Morgan fingerprint density at radius 2 is 1.96 bits per heavy atom. The number of hydrogen-bond acceptors (Lipinski definition) is 4. The average Bonchev–Trinajstić information content (AvgIpc) is 2.55. The number of aromatic nitrogens is 1. The van der Waals surface area contributed by atoms with Crippen molar-refractivity contribution < 1.29 is 9.53 Å². The molecule has 2 aliphatic rings. The van der Waals surface area contributed by atoms with Crippen LogP contribution in [0.2, 0.25) is 0 Å². The van der Waals surface area contributed by atoms with E-state index in [9.17, 15) is 4.79 Å². The van der Waals surface area contributed by atoms with Gasteiger partial charge in [0.05, 0.1) is 5.92 Å². The molecule has 2 N–H and O–H groups in total. The number of nitrogens with two attached hydrogens (primary N) is 1. The second kappa shape index (κ2) is 9.60. The number of piperidine rings is 1. The maximum absolute atomic E-state index is 12.8. The van der Waals surface area contributed by atoms with E-state index < -0.39 is 0 Å². The van der Waals surface area contributed by atoms with E-state index in [1.165, 1.54) is 0 Å². The smallest absolute Gasteiger partial charge is 0.227 e. The number of halogens is 2. The monoisotopic (exact) mass is 389 g/mol. The number of amides is 1. The molecule has 5 nitrogen and oxygen atoms in total. The summed E-state index contributed by atoms with van der Waals surface area (Å²) in [5.41, 5.74) is 6.03. The minimum absolute atomic E-state index is 0. The molecule has 25 heavy (non-hydrogen) atoms. The normalized spacial score (nSPS) is 27.0. The number of carbonyl (C=O) groups is 1. The van der Waals surface area contributed by atoms with E-state index >= 15 is 0 Å². The lowest BCUT2D eigenvalue weighted by Gasteiger charge is -2.41. The summed E-state index contributed by atoms with van der Waals surface area (Å²) >= 11 is 0. The van der Waals surface area contributed by atoms with Gasteiger partial charge in [0, 0.05) is 43.7 Å². The number of pyridine rings is 1. The molecule has 2 heterocycles. The molecule has 0 radical (unpaired) electrons. The Morgan fingerprint density at radius 1 is 1.24 bits per heavy atom. The maximum Gasteiger partial charge on any atom is 0.227 e. The Morgan fingerprint density at radius 3 is 2.56 bits per heavy atom. The van der Waals surface area contributed by atoms with Crippen LogP contribution in [0.15, 0.2) is 24.4 Å². The fourth-order valence-corrected chi connectivity index (χ4v) is 3.77. The van der Waals surface area contributed by atoms with Crippen molar-refractivity contribution in [2.75, 3.05) is 13.1 Å². The zero-order valence-electron chi connectivity index (χ0n) is 14.7. The van der Waals surface area contributed by atoms with Gasteiger partial charge in [-0.05, 0) is 25.8 Å². The summed E-state index contributed by atoms with van der Waals surface area (Å²) in [6.45, 7) is 3.54. The van der Waals surface area contributed by atoms with Crippen LogP contribution in [0, 0.1) is 5.92 Å². The summed E-state index contributed by atoms with van der Waals surface area (Å²) in [7, 11) is 0. The molecule has 1 aliphatic carbocycles. The molecule has 1 aliphatic heterocycles. The van der Waals surface area contributed by atoms with Crippen molar-refractivity contribution >= 4 is 30.7 Å². The molecule has 2 unspecified atom stereocenters. The third-order valence-corrected chi connectivity index (χ3v) is 5.23. The molecule has 142 valence electrons. The summed E-state index contributed by atoms with van der Waals surface area (Å²) in [6.07, 6.45) is 7.72. The Kier molecular flexibility index (Phi) is 8.45. The van der Waals surface area contributed by atoms with Gasteiger partial charge in [-0.15, -0.1) is 24.8 Å². The van der Waals surface area contributed by atoms with Crippen LogP contribution in [0.3, 0.4) is 0 Å². The Bertz CT molecular complexity index is 534. The third kappa shape index (κ3) is 5.47. The molecule has 2 fully saturated rings. The highest BCUT2D eigenvalue weighted by Gasteiger charge is 2.40. The molecule has 0 aromatic carbocycles. The molecule has 1 saturated heterocycles. The summed E-state index contributed by atoms with van der Waals surface area (Å²) in [4.78, 5) is 19.0. The van der Waals surface area contributed by atoms with Gasteiger partial charge in [0.1, 0.15) is 6.10 Å². The van der Waals surface area contributed by atoms with Crippen molar-refractivity contribution in [3.8, 4) is 5.88 Å². The lowest BCUT2D eigenvalue weighted by atomic mass is 9.74. The van der Waals surface area contributed by atoms with Crippen LogP contribution in [0.4, 0.5) is 0 Å². The molecule has 0 spiro atoms. The molecule has 1 amide bonds. The Labute approximate surface area is 162 Å². The first-order valence-corrected chi connectivity index (χ1v) is 8.71. The standard InChI is InChI=1S/C18H27N3O2.2ClH/c1-18(19)10-4-2-6-15(18)17(22)21-12-8-14(9-13-21)23-16-7-3-5-11-20-16;;/h3,5,7,11,14-15H,2,4,6,8-10,12-13,19H2,1H3;2*1H. The quantitative estimate of drug-likeness (QED) is 0.861. The van der Waals surface area contributed by atoms with E-state index in [2.05, 4.69) is 4.98 Å². The van der Waals surface area contributed by atoms with E-state index in [1.54, 1.807) is 6.20 Å². The van der Waals surface area contributed by atoms with Gasteiger partial charge in [0.25, 0.3) is 0 Å². The number of likely N-dealkylation sites (tertiary alicyclic amines) is 1. The Balaban J connectivity index is 0.00000156. The molecular weight excluding hydrogens is 361 g/mol. The topological polar surface area (TPSA) is 68.5 Å². The predicted molar refractivity (Wildman–Crippen MR) is 104 cm³/mol. The zero-order valence-corrected chi connectivity index (χ0v) is 16.4. The molecule has 0 bridgehead atoms. The summed E-state index contributed by atoms with van der Waals surface area (Å²) in [5.74, 6) is 0.884. The first kappa shape index (κ1) is 22.0. The van der Waals surface area contributed by atoms with E-state index in [0.29, 0.717) is 5.88 Å². The van der Waals surface area contributed by atoms with Crippen molar-refractivity contribution in [3.05, 3.63) is 24.4 Å². The highest BCUT2D eigenvalue weighted by molar-refractivity contribution is 5.85. The van der Waals surface area contributed by atoms with Gasteiger partial charge in [-0.3, -0.25) is 4.79 Å². The van der Waals surface area contributed by atoms with Gasteiger partial charge in [-0.1, -0.05) is 18.9 Å². The number of ether oxygens (including phenoxy) is 1. The van der Waals surface area contributed by atoms with Crippen LogP contribution in [0.5, 0.6) is 5.88 Å². The van der Waals surface area contributed by atoms with Gasteiger partial charge in [-0.2, -0.15) is 0 Å². The van der Waals surface area contributed by atoms with E-state index in [-0.39, 0.29) is 48.3 Å². The lowest BCUT2D eigenvalue weighted by Crippen LogP contribution is -2.55. The maximum atomic E-state index is 12.8. The zero-order chi connectivity index (χ0) is 16.3. The first-order valence-electron chi connectivity index (χ1n) is 8.71. The van der Waals surface area contributed by atoms with Gasteiger partial charge < -0.3 is 15.4 Å². The summed E-state index contributed by atoms with van der Waals surface area (Å²) < 4.78 is 5.90. The number of hydrogen-bond donors (Lipinski definition) is 1. The summed E-state index contributed by atoms with van der Waals surface area (Å²) in [6, 6.07) is 5.67. The fourth-order valence-electron chi connectivity index (χ4n) is 3.77. The van der Waals surface area contributed by atoms with E-state index in [1.807, 2.05) is 30.0 Å². The van der Waals surface area contributed by atoms with Crippen LogP contribution in [-0.4, -0.2) is 40.5 Å². The van der Waals surface area contributed by atoms with Crippen LogP contribution in [0.1, 0.15) is 45.4 Å². The number of nitrogens with zero attached hydrogens (tertiary/aromatic N) is 2. The average molecular weight is 390 g/mol. The Hall–Kier alpha value is -1.04. The van der Waals surface area contributed by atoms with Crippen molar-refractivity contribution in [1.29, 1.82) is 0 Å². The van der Waals surface area contributed by atoms with Gasteiger partial charge in [0.15, 0.2) is 0 Å². The van der Waals surface area contributed by atoms with Gasteiger partial charge in [-0.25, -0.2) is 4.98 Å². The molecule has 3 rings (SSSR count). The summed E-state index contributed by atoms with van der Waals surface area (Å²) in [5, 5.41) is 0. The molecule has 1 saturated carbocycles. The largest absolute Gasteiger partial charge is 0.474 e. The highest BCUT2D eigenvalue weighted by Crippen LogP contribution is 2.33. The second-order valence-corrected chi connectivity index (χ2v) is 7.11. The van der Waals surface area contributed by atoms with Crippen molar-refractivity contribution in [3.63, 3.8) is 0 Å². The fraction of sp³-hybridized carbons (Fsp3) is 0.667. The molecule has 7 heteroatoms. The molecule has 1 aromatic rings. The second-order valence-electron chi connectivity index (χ2n) is 7.11. The van der Waals surface area contributed by atoms with Crippen LogP contribution >= 0.6 is 24.8 Å². The van der Waals surface area contributed by atoms with Crippen LogP contribution in [0.25, 0.3) is 0 Å². The van der Waals surface area contributed by atoms with Crippen molar-refractivity contribution in [1.82, 2.24) is 9.88 Å². The van der Waals surface area contributed by atoms with Crippen LogP contribution in [-0.2, 0) is 4.79 Å². The van der Waals surface area contributed by atoms with E-state index in [4.69, 9.17) is 10.5 Å². The van der Waals surface area contributed by atoms with Gasteiger partial charge >= 0.3 is 0 Å². The first-order chi connectivity index (χ1) is 11.1. The van der Waals surface area contributed by atoms with Crippen molar-refractivity contribution in [2.45, 2.75) is 57.1 Å². The minimum atomic E-state index is -0.351. The van der Waals surface area contributed by atoms with Gasteiger partial charge in [0.2, 0.25) is 11.8 Å². The van der Waals surface area contributed by atoms with Crippen LogP contribution < -0.4 is 10.5 Å². The predicted octanol–water partition coefficient (Wildman–Crippen LogP) is 3.20. The molecular formula is C18H29Cl2N3O2. The minimum Gasteiger partial charge on any atom is -0.474 e. The number of rotatable bonds is 3. The lowest BCUT2D eigenvalue weighted by molar-refractivity contribution is -0.140. The van der Waals surface area contributed by atoms with E-state index in [0.717, 1.165) is 51.6 Å². The molecule has 1 aromatic heterocycles. The van der Waals surface area contributed by atoms with Crippen molar-refractivity contribution in [2.24, 2.45) is 11.7 Å². The SMILES string of the molecule is CC1(N)CCCCC1C(=O)N1CCC(Oc2ccccn2)CC1.Cl.Cl. The molecule has 2 atom stereocenters. The highest BCUT2D eigenvalue weighted by atomic mass is 35.5. The number of carbonyl (C=O) groups excluding carboxylic acids is 1. The third-order valence-electron chi connectivity index (χ3n) is 5.23.